The molecule has 3 rings (SSSR count). The molecule has 0 aliphatic heterocycles. The first-order valence-corrected chi connectivity index (χ1v) is 8.38. The van der Waals surface area contributed by atoms with E-state index in [4.69, 9.17) is 0 Å². The van der Waals surface area contributed by atoms with Crippen LogP contribution in [0.15, 0.2) is 30.3 Å². The molecule has 19 heavy (non-hydrogen) atoms. The number of halogens is 2. The van der Waals surface area contributed by atoms with E-state index in [1.807, 2.05) is 23.5 Å². The van der Waals surface area contributed by atoms with Gasteiger partial charge in [-0.25, -0.2) is 4.39 Å². The van der Waals surface area contributed by atoms with Gasteiger partial charge in [-0.2, -0.15) is 0 Å². The normalized spacial score (nSPS) is 18.3. The van der Waals surface area contributed by atoms with Crippen LogP contribution in [-0.2, 0) is 13.0 Å². The van der Waals surface area contributed by atoms with Gasteiger partial charge in [-0.3, -0.25) is 0 Å². The molecular weight excluding hydrogens is 372 g/mol. The molecule has 0 fully saturated rings. The van der Waals surface area contributed by atoms with Crippen LogP contribution in [0.5, 0.6) is 0 Å². The number of rotatable bonds is 3. The summed E-state index contributed by atoms with van der Waals surface area (Å²) in [7, 11) is 0. The Morgan fingerprint density at radius 1 is 1.37 bits per heavy atom. The van der Waals surface area contributed by atoms with Crippen molar-refractivity contribution in [2.45, 2.75) is 31.8 Å². The van der Waals surface area contributed by atoms with Gasteiger partial charge in [-0.05, 0) is 59.5 Å². The van der Waals surface area contributed by atoms with Gasteiger partial charge in [0.15, 0.2) is 0 Å². The van der Waals surface area contributed by atoms with Gasteiger partial charge in [0.1, 0.15) is 5.82 Å². The summed E-state index contributed by atoms with van der Waals surface area (Å²) in [6.45, 7) is 0.600. The number of fused-ring (bicyclic) bond motifs is 1. The lowest BCUT2D eigenvalue weighted by Crippen LogP contribution is -2.24. The third-order valence-electron chi connectivity index (χ3n) is 3.58. The highest BCUT2D eigenvalue weighted by Crippen LogP contribution is 2.36. The fourth-order valence-corrected chi connectivity index (χ4v) is 4.73. The first-order chi connectivity index (χ1) is 9.24. The maximum atomic E-state index is 13.6. The minimum absolute atomic E-state index is 0.120. The Morgan fingerprint density at radius 2 is 2.21 bits per heavy atom. The standard InChI is InChI=1S/C15H15FINS/c16-12-5-2-1-4-10(12)9-18-13-6-3-7-14-11(13)8-15(17)19-14/h1-2,4-5,8,13,18H,3,6-7,9H2. The fraction of sp³-hybridized carbons (Fsp3) is 0.333. The van der Waals surface area contributed by atoms with Crippen LogP contribution in [0, 0.1) is 8.70 Å². The molecule has 0 spiro atoms. The maximum absolute atomic E-state index is 13.6. The lowest BCUT2D eigenvalue weighted by molar-refractivity contribution is 0.456. The first-order valence-electron chi connectivity index (χ1n) is 6.49. The molecule has 0 saturated carbocycles. The molecule has 0 radical (unpaired) electrons. The van der Waals surface area contributed by atoms with Gasteiger partial charge < -0.3 is 5.32 Å². The van der Waals surface area contributed by atoms with Gasteiger partial charge in [0.2, 0.25) is 0 Å². The second kappa shape index (κ2) is 5.89. The summed E-state index contributed by atoms with van der Waals surface area (Å²) in [6, 6.07) is 9.65. The van der Waals surface area contributed by atoms with Gasteiger partial charge in [-0.1, -0.05) is 18.2 Å². The molecule has 1 aromatic carbocycles. The summed E-state index contributed by atoms with van der Waals surface area (Å²) in [4.78, 5) is 1.50. The van der Waals surface area contributed by atoms with Gasteiger partial charge in [-0.15, -0.1) is 11.3 Å². The summed E-state index contributed by atoms with van der Waals surface area (Å²) < 4.78 is 15.0. The van der Waals surface area contributed by atoms with Gasteiger partial charge in [0, 0.05) is 23.0 Å². The van der Waals surface area contributed by atoms with Crippen LogP contribution in [0.25, 0.3) is 0 Å². The molecule has 0 saturated heterocycles. The van der Waals surface area contributed by atoms with Crippen LogP contribution in [0.3, 0.4) is 0 Å². The van der Waals surface area contributed by atoms with E-state index in [1.165, 1.54) is 32.2 Å². The molecule has 100 valence electrons. The maximum Gasteiger partial charge on any atom is 0.127 e. The van der Waals surface area contributed by atoms with E-state index >= 15 is 0 Å². The van der Waals surface area contributed by atoms with E-state index in [0.717, 1.165) is 12.0 Å². The Morgan fingerprint density at radius 3 is 3.05 bits per heavy atom. The third kappa shape index (κ3) is 3.01. The van der Waals surface area contributed by atoms with Crippen LogP contribution in [-0.4, -0.2) is 0 Å². The third-order valence-corrected chi connectivity index (χ3v) is 5.55. The number of hydrogen-bond donors (Lipinski definition) is 1. The summed E-state index contributed by atoms with van der Waals surface area (Å²) in [5, 5.41) is 3.51. The number of aryl methyl sites for hydroxylation is 1. The largest absolute Gasteiger partial charge is 0.306 e. The molecule has 1 aromatic heterocycles. The average molecular weight is 387 g/mol. The number of hydrogen-bond acceptors (Lipinski definition) is 2. The summed E-state index contributed by atoms with van der Waals surface area (Å²) in [6.07, 6.45) is 3.56. The topological polar surface area (TPSA) is 12.0 Å². The zero-order valence-corrected chi connectivity index (χ0v) is 13.4. The molecule has 1 N–H and O–H groups in total. The Bertz CT molecular complexity index is 581. The lowest BCUT2D eigenvalue weighted by atomic mass is 9.94. The van der Waals surface area contributed by atoms with E-state index < -0.39 is 0 Å². The van der Waals surface area contributed by atoms with Crippen LogP contribution < -0.4 is 5.32 Å². The van der Waals surface area contributed by atoms with Crippen molar-refractivity contribution in [2.75, 3.05) is 0 Å². The molecule has 1 aliphatic rings. The van der Waals surface area contributed by atoms with Crippen molar-refractivity contribution in [1.29, 1.82) is 0 Å². The predicted octanol–water partition coefficient (Wildman–Crippen LogP) is 4.66. The second-order valence-electron chi connectivity index (χ2n) is 4.85. The van der Waals surface area contributed by atoms with Crippen molar-refractivity contribution < 1.29 is 4.39 Å². The van der Waals surface area contributed by atoms with Crippen molar-refractivity contribution in [3.8, 4) is 0 Å². The smallest absolute Gasteiger partial charge is 0.127 e. The molecule has 2 aromatic rings. The molecule has 4 heteroatoms. The van der Waals surface area contributed by atoms with Crippen molar-refractivity contribution >= 4 is 33.9 Å². The summed E-state index contributed by atoms with van der Waals surface area (Å²) in [5.41, 5.74) is 2.18. The highest BCUT2D eigenvalue weighted by molar-refractivity contribution is 14.1. The average Bonchev–Trinajstić information content (AvgIpc) is 2.78. The molecule has 1 unspecified atom stereocenters. The van der Waals surface area contributed by atoms with E-state index in [9.17, 15) is 4.39 Å². The van der Waals surface area contributed by atoms with E-state index in [0.29, 0.717) is 12.6 Å². The molecule has 1 aliphatic carbocycles. The Balaban J connectivity index is 1.73. The van der Waals surface area contributed by atoms with Gasteiger partial charge in [0.25, 0.3) is 0 Å². The predicted molar refractivity (Wildman–Crippen MR) is 86.0 cm³/mol. The second-order valence-corrected chi connectivity index (χ2v) is 7.88. The minimum atomic E-state index is -0.120. The van der Waals surface area contributed by atoms with Crippen molar-refractivity contribution in [2.24, 2.45) is 0 Å². The van der Waals surface area contributed by atoms with Crippen molar-refractivity contribution in [1.82, 2.24) is 5.32 Å². The summed E-state index contributed by atoms with van der Waals surface area (Å²) >= 11 is 4.28. The molecule has 1 atom stereocenters. The first kappa shape index (κ1) is 13.5. The number of nitrogens with one attached hydrogen (secondary N) is 1. The zero-order chi connectivity index (χ0) is 13.2. The molecule has 0 bridgehead atoms. The van der Waals surface area contributed by atoms with Crippen LogP contribution >= 0.6 is 33.9 Å². The van der Waals surface area contributed by atoms with Gasteiger partial charge in [0.05, 0.1) is 2.88 Å². The fourth-order valence-electron chi connectivity index (χ4n) is 2.61. The molecule has 0 amide bonds. The minimum Gasteiger partial charge on any atom is -0.306 e. The summed E-state index contributed by atoms with van der Waals surface area (Å²) in [5.74, 6) is -0.120. The zero-order valence-electron chi connectivity index (χ0n) is 10.5. The Hall–Kier alpha value is -0.460. The van der Waals surface area contributed by atoms with Gasteiger partial charge >= 0.3 is 0 Å². The van der Waals surface area contributed by atoms with E-state index in [-0.39, 0.29) is 5.82 Å². The Labute approximate surface area is 130 Å². The van der Waals surface area contributed by atoms with Crippen LogP contribution in [0.1, 0.15) is 34.9 Å². The quantitative estimate of drug-likeness (QED) is 0.756. The highest BCUT2D eigenvalue weighted by Gasteiger charge is 2.22. The number of thiophene rings is 1. The monoisotopic (exact) mass is 387 g/mol. The molecule has 1 heterocycles. The SMILES string of the molecule is Fc1ccccc1CNC1CCCc2sc(I)cc21. The molecular formula is C15H15FINS. The van der Waals surface area contributed by atoms with E-state index in [2.05, 4.69) is 34.0 Å². The highest BCUT2D eigenvalue weighted by atomic mass is 127. The van der Waals surface area contributed by atoms with Crippen molar-refractivity contribution in [3.05, 3.63) is 55.0 Å². The number of benzene rings is 1. The van der Waals surface area contributed by atoms with Crippen molar-refractivity contribution in [3.63, 3.8) is 0 Å². The Kier molecular flexibility index (Phi) is 4.19. The van der Waals surface area contributed by atoms with Crippen LogP contribution in [0.2, 0.25) is 0 Å². The van der Waals surface area contributed by atoms with E-state index in [1.54, 1.807) is 6.07 Å². The lowest BCUT2D eigenvalue weighted by Gasteiger charge is -2.23. The van der Waals surface area contributed by atoms with Crippen LogP contribution in [0.4, 0.5) is 4.39 Å². The molecule has 1 nitrogen and oxygen atoms in total.